The van der Waals surface area contributed by atoms with E-state index in [2.05, 4.69) is 43.0 Å². The molecule has 0 spiro atoms. The third kappa shape index (κ3) is 5.09. The molecular formula is C27H33N3O4. The Bertz CT molecular complexity index is 1100. The molecule has 7 nitrogen and oxygen atoms in total. The van der Waals surface area contributed by atoms with Gasteiger partial charge in [-0.2, -0.15) is 0 Å². The molecule has 0 radical (unpaired) electrons. The van der Waals surface area contributed by atoms with Gasteiger partial charge in [0.15, 0.2) is 0 Å². The van der Waals surface area contributed by atoms with Crippen LogP contribution in [0, 0.1) is 6.92 Å². The van der Waals surface area contributed by atoms with Crippen LogP contribution in [-0.2, 0) is 11.3 Å². The smallest absolute Gasteiger partial charge is 0.254 e. The molecular weight excluding hydrogens is 430 g/mol. The van der Waals surface area contributed by atoms with E-state index >= 15 is 0 Å². The molecule has 1 aliphatic heterocycles. The Morgan fingerprint density at radius 1 is 1.18 bits per heavy atom. The van der Waals surface area contributed by atoms with Crippen molar-refractivity contribution in [3.8, 4) is 17.0 Å². The molecule has 1 aromatic heterocycles. The summed E-state index contributed by atoms with van der Waals surface area (Å²) in [5.41, 5.74) is 4.46. The quantitative estimate of drug-likeness (QED) is 0.472. The van der Waals surface area contributed by atoms with Gasteiger partial charge in [0.05, 0.1) is 32.4 Å². The van der Waals surface area contributed by atoms with Crippen molar-refractivity contribution in [1.82, 2.24) is 10.1 Å². The topological polar surface area (TPSA) is 68.0 Å². The number of morpholine rings is 1. The second-order valence-corrected chi connectivity index (χ2v) is 8.70. The number of aryl methyl sites for hydroxylation is 1. The van der Waals surface area contributed by atoms with Gasteiger partial charge in [0.1, 0.15) is 11.4 Å². The fourth-order valence-electron chi connectivity index (χ4n) is 4.20. The molecule has 0 N–H and O–H groups in total. The summed E-state index contributed by atoms with van der Waals surface area (Å²) in [5.74, 6) is 1.42. The van der Waals surface area contributed by atoms with E-state index in [1.165, 1.54) is 0 Å². The van der Waals surface area contributed by atoms with Crippen LogP contribution in [0.1, 0.15) is 41.8 Å². The van der Waals surface area contributed by atoms with E-state index in [0.717, 1.165) is 53.5 Å². The maximum Gasteiger partial charge on any atom is 0.254 e. The monoisotopic (exact) mass is 463 g/mol. The van der Waals surface area contributed by atoms with E-state index in [-0.39, 0.29) is 11.9 Å². The lowest BCUT2D eigenvalue weighted by molar-refractivity contribution is 0.0671. The molecule has 1 atom stereocenters. The minimum Gasteiger partial charge on any atom is -0.497 e. The molecule has 0 aliphatic carbocycles. The van der Waals surface area contributed by atoms with Gasteiger partial charge in [-0.15, -0.1) is 0 Å². The van der Waals surface area contributed by atoms with Gasteiger partial charge in [0.25, 0.3) is 5.91 Å². The number of aromatic nitrogens is 1. The van der Waals surface area contributed by atoms with E-state index in [0.29, 0.717) is 25.3 Å². The van der Waals surface area contributed by atoms with Gasteiger partial charge in [-0.05, 0) is 50.6 Å². The number of rotatable bonds is 8. The number of nitrogens with zero attached hydrogens (tertiary/aromatic N) is 3. The molecule has 0 bridgehead atoms. The first-order valence-electron chi connectivity index (χ1n) is 11.8. The van der Waals surface area contributed by atoms with E-state index in [1.807, 2.05) is 41.3 Å². The van der Waals surface area contributed by atoms with E-state index in [9.17, 15) is 4.79 Å². The van der Waals surface area contributed by atoms with Crippen molar-refractivity contribution in [2.75, 3.05) is 38.3 Å². The minimum atomic E-state index is -0.0266. The number of benzene rings is 2. The van der Waals surface area contributed by atoms with Crippen molar-refractivity contribution in [1.29, 1.82) is 0 Å². The minimum absolute atomic E-state index is 0.0266. The van der Waals surface area contributed by atoms with E-state index in [1.54, 1.807) is 7.11 Å². The van der Waals surface area contributed by atoms with Crippen LogP contribution in [0.4, 0.5) is 5.88 Å². The highest BCUT2D eigenvalue weighted by molar-refractivity contribution is 5.94. The number of methoxy groups -OCH3 is 1. The van der Waals surface area contributed by atoms with Crippen molar-refractivity contribution in [3.05, 3.63) is 65.2 Å². The van der Waals surface area contributed by atoms with Crippen LogP contribution < -0.4 is 9.64 Å². The predicted molar refractivity (Wildman–Crippen MR) is 132 cm³/mol. The SMILES string of the molecule is CCC(C)N(Cc1c(-c2cccc(C)c2)noc1N1CCOCC1)C(=O)c1ccc(OC)cc1. The van der Waals surface area contributed by atoms with Crippen molar-refractivity contribution in [3.63, 3.8) is 0 Å². The Balaban J connectivity index is 1.74. The van der Waals surface area contributed by atoms with Crippen molar-refractivity contribution >= 4 is 11.8 Å². The number of carbonyl (C=O) groups excluding carboxylic acids is 1. The Hall–Kier alpha value is -3.32. The normalized spacial score (nSPS) is 14.6. The predicted octanol–water partition coefficient (Wildman–Crippen LogP) is 4.94. The van der Waals surface area contributed by atoms with Gasteiger partial charge in [-0.3, -0.25) is 4.79 Å². The molecule has 1 aliphatic rings. The molecule has 0 saturated carbocycles. The molecule has 1 saturated heterocycles. The molecule has 34 heavy (non-hydrogen) atoms. The largest absolute Gasteiger partial charge is 0.497 e. The highest BCUT2D eigenvalue weighted by atomic mass is 16.5. The summed E-state index contributed by atoms with van der Waals surface area (Å²) in [6.45, 7) is 9.37. The van der Waals surface area contributed by atoms with Crippen LogP contribution >= 0.6 is 0 Å². The summed E-state index contributed by atoms with van der Waals surface area (Å²) >= 11 is 0. The Labute approximate surface area is 201 Å². The molecule has 2 aromatic carbocycles. The summed E-state index contributed by atoms with van der Waals surface area (Å²) in [5, 5.41) is 4.48. The molecule has 4 rings (SSSR count). The van der Waals surface area contributed by atoms with Crippen LogP contribution in [0.3, 0.4) is 0 Å². The number of anilines is 1. The van der Waals surface area contributed by atoms with Crippen LogP contribution in [-0.4, -0.2) is 55.4 Å². The Morgan fingerprint density at radius 2 is 1.91 bits per heavy atom. The molecule has 2 heterocycles. The first-order chi connectivity index (χ1) is 16.5. The number of ether oxygens (including phenoxy) is 2. The zero-order valence-corrected chi connectivity index (χ0v) is 20.4. The van der Waals surface area contributed by atoms with Crippen LogP contribution in [0.2, 0.25) is 0 Å². The van der Waals surface area contributed by atoms with Gasteiger partial charge in [-0.25, -0.2) is 0 Å². The third-order valence-electron chi connectivity index (χ3n) is 6.41. The van der Waals surface area contributed by atoms with E-state index < -0.39 is 0 Å². The van der Waals surface area contributed by atoms with E-state index in [4.69, 9.17) is 14.0 Å². The molecule has 1 fully saturated rings. The molecule has 1 amide bonds. The fourth-order valence-corrected chi connectivity index (χ4v) is 4.20. The zero-order valence-electron chi connectivity index (χ0n) is 20.4. The number of amides is 1. The van der Waals surface area contributed by atoms with Crippen LogP contribution in [0.5, 0.6) is 5.75 Å². The zero-order chi connectivity index (χ0) is 24.1. The van der Waals surface area contributed by atoms with Crippen molar-refractivity contribution < 1.29 is 18.8 Å². The van der Waals surface area contributed by atoms with Gasteiger partial charge >= 0.3 is 0 Å². The maximum absolute atomic E-state index is 13.7. The van der Waals surface area contributed by atoms with Crippen molar-refractivity contribution in [2.45, 2.75) is 39.8 Å². The average molecular weight is 464 g/mol. The number of carbonyl (C=O) groups is 1. The Morgan fingerprint density at radius 3 is 2.56 bits per heavy atom. The van der Waals surface area contributed by atoms with Crippen molar-refractivity contribution in [2.24, 2.45) is 0 Å². The second kappa shape index (κ2) is 10.7. The third-order valence-corrected chi connectivity index (χ3v) is 6.41. The van der Waals surface area contributed by atoms with Gasteiger partial charge in [0, 0.05) is 30.3 Å². The fraction of sp³-hybridized carbons (Fsp3) is 0.407. The lowest BCUT2D eigenvalue weighted by atomic mass is 10.0. The lowest BCUT2D eigenvalue weighted by Crippen LogP contribution is -2.39. The first kappa shape index (κ1) is 23.8. The molecule has 180 valence electrons. The van der Waals surface area contributed by atoms with Gasteiger partial charge in [-0.1, -0.05) is 35.8 Å². The molecule has 7 heteroatoms. The average Bonchev–Trinajstić information content (AvgIpc) is 3.30. The van der Waals surface area contributed by atoms with Crippen LogP contribution in [0.25, 0.3) is 11.3 Å². The summed E-state index contributed by atoms with van der Waals surface area (Å²) in [6.07, 6.45) is 0.833. The number of hydrogen-bond acceptors (Lipinski definition) is 6. The second-order valence-electron chi connectivity index (χ2n) is 8.70. The Kier molecular flexibility index (Phi) is 7.53. The summed E-state index contributed by atoms with van der Waals surface area (Å²) in [7, 11) is 1.62. The highest BCUT2D eigenvalue weighted by Crippen LogP contribution is 2.34. The molecule has 1 unspecified atom stereocenters. The first-order valence-corrected chi connectivity index (χ1v) is 11.8. The van der Waals surface area contributed by atoms with Crippen LogP contribution in [0.15, 0.2) is 53.1 Å². The maximum atomic E-state index is 13.7. The standard InChI is InChI=1S/C27H33N3O4/c1-5-20(3)30(26(31)21-9-11-23(32-4)12-10-21)18-24-25(22-8-6-7-19(2)17-22)28-34-27(24)29-13-15-33-16-14-29/h6-12,17,20H,5,13-16,18H2,1-4H3. The highest BCUT2D eigenvalue weighted by Gasteiger charge is 2.29. The summed E-state index contributed by atoms with van der Waals surface area (Å²) in [4.78, 5) is 17.7. The lowest BCUT2D eigenvalue weighted by Gasteiger charge is -2.31. The molecule has 3 aromatic rings. The summed E-state index contributed by atoms with van der Waals surface area (Å²) < 4.78 is 16.7. The summed E-state index contributed by atoms with van der Waals surface area (Å²) in [6, 6.07) is 15.5. The van der Waals surface area contributed by atoms with Gasteiger partial charge < -0.3 is 23.8 Å². The number of hydrogen-bond donors (Lipinski definition) is 0. The van der Waals surface area contributed by atoms with Gasteiger partial charge in [0.2, 0.25) is 5.88 Å².